The second-order valence-corrected chi connectivity index (χ2v) is 5.22. The first kappa shape index (κ1) is 10.8. The van der Waals surface area contributed by atoms with Crippen LogP contribution in [0.1, 0.15) is 12.0 Å². The number of hydrogen-bond donors (Lipinski definition) is 0. The molecule has 2 atom stereocenters. The number of carbonyl (C=O) groups excluding carboxylic acids is 1. The molecule has 1 aliphatic carbocycles. The summed E-state index contributed by atoms with van der Waals surface area (Å²) < 4.78 is 5.16. The summed E-state index contributed by atoms with van der Waals surface area (Å²) in [6.07, 6.45) is 0.746. The van der Waals surface area contributed by atoms with Gasteiger partial charge in [-0.1, -0.05) is 12.1 Å². The molecule has 1 saturated heterocycles. The molecule has 0 bridgehead atoms. The van der Waals surface area contributed by atoms with Crippen LogP contribution in [0.25, 0.3) is 0 Å². The molecule has 1 aliphatic heterocycles. The van der Waals surface area contributed by atoms with Gasteiger partial charge in [0.25, 0.3) is 0 Å². The summed E-state index contributed by atoms with van der Waals surface area (Å²) in [5.41, 5.74) is 0.935. The summed E-state index contributed by atoms with van der Waals surface area (Å²) in [5, 5.41) is 0. The third-order valence-electron chi connectivity index (χ3n) is 4.28. The Hall–Kier alpha value is -1.35. The number of rotatable bonds is 2. The fourth-order valence-electron chi connectivity index (χ4n) is 3.36. The first-order chi connectivity index (χ1) is 8.16. The molecule has 0 aromatic heterocycles. The third-order valence-corrected chi connectivity index (χ3v) is 4.28. The molecule has 90 valence electrons. The number of nitrogens with zero attached hydrogens (tertiary/aromatic N) is 1. The Morgan fingerprint density at radius 2 is 2.06 bits per heavy atom. The lowest BCUT2D eigenvalue weighted by atomic mass is 9.57. The Balaban J connectivity index is 1.98. The molecule has 2 aliphatic rings. The maximum absolute atomic E-state index is 12.1. The standard InChI is InChI=1S/C14H17NO2/c1-15-8-11-7-13(16)14(11,9-15)10-3-5-12(17-2)6-4-10/h3-6,11H,7-9H2,1-2H3. The van der Waals surface area contributed by atoms with Crippen LogP contribution >= 0.6 is 0 Å². The molecule has 17 heavy (non-hydrogen) atoms. The van der Waals surface area contributed by atoms with Crippen molar-refractivity contribution in [2.75, 3.05) is 27.2 Å². The van der Waals surface area contributed by atoms with Gasteiger partial charge in [0.15, 0.2) is 0 Å². The van der Waals surface area contributed by atoms with E-state index in [-0.39, 0.29) is 5.41 Å². The van der Waals surface area contributed by atoms with Gasteiger partial charge >= 0.3 is 0 Å². The highest BCUT2D eigenvalue weighted by Crippen LogP contribution is 2.50. The van der Waals surface area contributed by atoms with Crippen LogP contribution in [-0.4, -0.2) is 37.9 Å². The van der Waals surface area contributed by atoms with Crippen LogP contribution in [0.4, 0.5) is 0 Å². The highest BCUT2D eigenvalue weighted by Gasteiger charge is 2.59. The minimum absolute atomic E-state index is 0.221. The van der Waals surface area contributed by atoms with E-state index in [2.05, 4.69) is 11.9 Å². The number of likely N-dealkylation sites (tertiary alicyclic amines) is 1. The van der Waals surface area contributed by atoms with Gasteiger partial charge in [-0.15, -0.1) is 0 Å². The number of ketones is 1. The van der Waals surface area contributed by atoms with Crippen LogP contribution in [0.3, 0.4) is 0 Å². The lowest BCUT2D eigenvalue weighted by Gasteiger charge is -2.42. The highest BCUT2D eigenvalue weighted by molar-refractivity contribution is 5.97. The van der Waals surface area contributed by atoms with Crippen LogP contribution in [0.5, 0.6) is 5.75 Å². The molecule has 2 unspecified atom stereocenters. The smallest absolute Gasteiger partial charge is 0.145 e. The Morgan fingerprint density at radius 1 is 1.35 bits per heavy atom. The van der Waals surface area contributed by atoms with E-state index in [1.54, 1.807) is 7.11 Å². The summed E-state index contributed by atoms with van der Waals surface area (Å²) in [5.74, 6) is 1.75. The maximum atomic E-state index is 12.1. The SMILES string of the molecule is COc1ccc(C23CN(C)CC2CC3=O)cc1. The van der Waals surface area contributed by atoms with Crippen LogP contribution in [0.15, 0.2) is 24.3 Å². The monoisotopic (exact) mass is 231 g/mol. The summed E-state index contributed by atoms with van der Waals surface area (Å²) in [6.45, 7) is 1.90. The molecule has 3 nitrogen and oxygen atoms in total. The minimum atomic E-state index is -0.221. The van der Waals surface area contributed by atoms with Crippen molar-refractivity contribution in [1.82, 2.24) is 4.90 Å². The van der Waals surface area contributed by atoms with E-state index < -0.39 is 0 Å². The van der Waals surface area contributed by atoms with Crippen molar-refractivity contribution in [1.29, 1.82) is 0 Å². The van der Waals surface area contributed by atoms with Crippen molar-refractivity contribution < 1.29 is 9.53 Å². The van der Waals surface area contributed by atoms with Crippen molar-refractivity contribution >= 4 is 5.78 Å². The maximum Gasteiger partial charge on any atom is 0.145 e. The van der Waals surface area contributed by atoms with E-state index in [0.29, 0.717) is 11.7 Å². The molecule has 0 radical (unpaired) electrons. The van der Waals surface area contributed by atoms with Crippen LogP contribution in [0, 0.1) is 5.92 Å². The van der Waals surface area contributed by atoms with Gasteiger partial charge in [-0.25, -0.2) is 0 Å². The zero-order chi connectivity index (χ0) is 12.0. The molecule has 0 N–H and O–H groups in total. The molecular formula is C14H17NO2. The molecular weight excluding hydrogens is 214 g/mol. The van der Waals surface area contributed by atoms with Gasteiger partial charge in [-0.2, -0.15) is 0 Å². The molecule has 2 fully saturated rings. The minimum Gasteiger partial charge on any atom is -0.497 e. The number of carbonyl (C=O) groups is 1. The number of Topliss-reactive ketones (excluding diaryl/α,β-unsaturated/α-hetero) is 1. The predicted octanol–water partition coefficient (Wildman–Crippen LogP) is 1.47. The Kier molecular flexibility index (Phi) is 2.26. The van der Waals surface area contributed by atoms with Crippen LogP contribution < -0.4 is 4.74 Å². The van der Waals surface area contributed by atoms with E-state index >= 15 is 0 Å². The molecule has 1 aromatic carbocycles. The van der Waals surface area contributed by atoms with Gasteiger partial charge in [0.2, 0.25) is 0 Å². The molecule has 1 saturated carbocycles. The van der Waals surface area contributed by atoms with Crippen LogP contribution in [-0.2, 0) is 10.2 Å². The number of ether oxygens (including phenoxy) is 1. The lowest BCUT2D eigenvalue weighted by molar-refractivity contribution is -0.134. The van der Waals surface area contributed by atoms with Gasteiger partial charge in [0.1, 0.15) is 11.5 Å². The zero-order valence-electron chi connectivity index (χ0n) is 10.3. The van der Waals surface area contributed by atoms with Gasteiger partial charge in [0.05, 0.1) is 12.5 Å². The third kappa shape index (κ3) is 1.35. The van der Waals surface area contributed by atoms with Crippen LogP contribution in [0.2, 0.25) is 0 Å². The number of likely N-dealkylation sites (N-methyl/N-ethyl adjacent to an activating group) is 1. The molecule has 0 amide bonds. The Morgan fingerprint density at radius 3 is 2.59 bits per heavy atom. The first-order valence-electron chi connectivity index (χ1n) is 6.03. The number of fused-ring (bicyclic) bond motifs is 1. The van der Waals surface area contributed by atoms with Gasteiger partial charge in [-0.05, 0) is 30.7 Å². The average Bonchev–Trinajstić information content (AvgIpc) is 2.62. The molecule has 0 spiro atoms. The molecule has 1 heterocycles. The summed E-state index contributed by atoms with van der Waals surface area (Å²) in [4.78, 5) is 14.3. The van der Waals surface area contributed by atoms with Crippen molar-refractivity contribution in [3.05, 3.63) is 29.8 Å². The van der Waals surface area contributed by atoms with E-state index in [1.165, 1.54) is 0 Å². The topological polar surface area (TPSA) is 29.5 Å². The molecule has 1 aromatic rings. The second kappa shape index (κ2) is 3.57. The fourth-order valence-corrected chi connectivity index (χ4v) is 3.36. The lowest BCUT2D eigenvalue weighted by Crippen LogP contribution is -2.53. The predicted molar refractivity (Wildman–Crippen MR) is 65.3 cm³/mol. The average molecular weight is 231 g/mol. The Bertz CT molecular complexity index is 454. The van der Waals surface area contributed by atoms with Crippen molar-refractivity contribution in [3.63, 3.8) is 0 Å². The van der Waals surface area contributed by atoms with Gasteiger partial charge in [-0.3, -0.25) is 4.79 Å². The normalized spacial score (nSPS) is 32.1. The summed E-state index contributed by atoms with van der Waals surface area (Å²) in [7, 11) is 3.75. The number of methoxy groups -OCH3 is 1. The largest absolute Gasteiger partial charge is 0.497 e. The summed E-state index contributed by atoms with van der Waals surface area (Å²) >= 11 is 0. The van der Waals surface area contributed by atoms with Crippen molar-refractivity contribution in [2.45, 2.75) is 11.8 Å². The van der Waals surface area contributed by atoms with Gasteiger partial charge < -0.3 is 9.64 Å². The van der Waals surface area contributed by atoms with E-state index in [1.807, 2.05) is 24.3 Å². The Labute approximate surface area is 101 Å². The van der Waals surface area contributed by atoms with E-state index in [0.717, 1.165) is 30.8 Å². The molecule has 3 rings (SSSR count). The molecule has 3 heteroatoms. The first-order valence-corrected chi connectivity index (χ1v) is 6.03. The second-order valence-electron chi connectivity index (χ2n) is 5.22. The number of hydrogen-bond acceptors (Lipinski definition) is 3. The number of benzene rings is 1. The van der Waals surface area contributed by atoms with E-state index in [4.69, 9.17) is 4.74 Å². The zero-order valence-corrected chi connectivity index (χ0v) is 10.3. The summed E-state index contributed by atoms with van der Waals surface area (Å²) in [6, 6.07) is 7.99. The quantitative estimate of drug-likeness (QED) is 0.772. The van der Waals surface area contributed by atoms with Gasteiger partial charge in [0, 0.05) is 19.5 Å². The fraction of sp³-hybridized carbons (Fsp3) is 0.500. The van der Waals surface area contributed by atoms with Crippen molar-refractivity contribution in [2.24, 2.45) is 5.92 Å². The highest BCUT2D eigenvalue weighted by atomic mass is 16.5. The van der Waals surface area contributed by atoms with E-state index in [9.17, 15) is 4.79 Å². The van der Waals surface area contributed by atoms with Crippen molar-refractivity contribution in [3.8, 4) is 5.75 Å².